The van der Waals surface area contributed by atoms with E-state index >= 15 is 0 Å². The van der Waals surface area contributed by atoms with Gasteiger partial charge in [0.2, 0.25) is 0 Å². The third-order valence-electron chi connectivity index (χ3n) is 3.67. The number of amidine groups is 1. The van der Waals surface area contributed by atoms with E-state index < -0.39 is 0 Å². The van der Waals surface area contributed by atoms with E-state index in [1.165, 1.54) is 0 Å². The van der Waals surface area contributed by atoms with Gasteiger partial charge in [0.15, 0.2) is 6.29 Å². The molecule has 2 N–H and O–H groups in total. The van der Waals surface area contributed by atoms with Crippen molar-refractivity contribution in [2.75, 3.05) is 33.9 Å². The second kappa shape index (κ2) is 8.69. The minimum Gasteiger partial charge on any atom is -0.462 e. The maximum absolute atomic E-state index is 12.3. The summed E-state index contributed by atoms with van der Waals surface area (Å²) >= 11 is 0. The van der Waals surface area contributed by atoms with Crippen molar-refractivity contribution in [3.63, 3.8) is 0 Å². The first-order chi connectivity index (χ1) is 11.2. The molecule has 1 aromatic rings. The predicted molar refractivity (Wildman–Crippen MR) is 86.9 cm³/mol. The van der Waals surface area contributed by atoms with E-state index in [9.17, 15) is 4.79 Å². The smallest absolute Gasteiger partial charge is 0.340 e. The second-order valence-corrected chi connectivity index (χ2v) is 5.31. The summed E-state index contributed by atoms with van der Waals surface area (Å²) in [5.41, 5.74) is 2.33. The van der Waals surface area contributed by atoms with Crippen molar-refractivity contribution >= 4 is 11.8 Å². The minimum absolute atomic E-state index is 0.323. The number of aromatic nitrogens is 1. The summed E-state index contributed by atoms with van der Waals surface area (Å²) in [4.78, 5) is 20.0. The first kappa shape index (κ1) is 17.5. The van der Waals surface area contributed by atoms with E-state index in [1.807, 2.05) is 6.92 Å². The molecule has 0 radical (unpaired) electrons. The Morgan fingerprint density at radius 2 is 2.22 bits per heavy atom. The Labute approximate surface area is 136 Å². The van der Waals surface area contributed by atoms with Crippen molar-refractivity contribution < 1.29 is 19.0 Å². The number of hydrogen-bond donors (Lipinski definition) is 2. The number of fused-ring (bicyclic) bond motifs is 1. The summed E-state index contributed by atoms with van der Waals surface area (Å²) < 4.78 is 15.6. The molecule has 0 amide bonds. The van der Waals surface area contributed by atoms with Crippen molar-refractivity contribution in [2.45, 2.75) is 32.5 Å². The van der Waals surface area contributed by atoms with E-state index in [2.05, 4.69) is 15.3 Å². The number of aliphatic imine (C=N–C) groups is 1. The van der Waals surface area contributed by atoms with Crippen molar-refractivity contribution in [1.82, 2.24) is 10.3 Å². The molecule has 1 aromatic heterocycles. The highest BCUT2D eigenvalue weighted by atomic mass is 16.7. The molecule has 0 aromatic carbocycles. The lowest BCUT2D eigenvalue weighted by Crippen LogP contribution is -2.35. The van der Waals surface area contributed by atoms with E-state index in [4.69, 9.17) is 14.2 Å². The van der Waals surface area contributed by atoms with Gasteiger partial charge in [0, 0.05) is 32.7 Å². The third-order valence-corrected chi connectivity index (χ3v) is 3.67. The number of hydrogen-bond acceptors (Lipinski definition) is 6. The molecule has 0 aliphatic carbocycles. The van der Waals surface area contributed by atoms with E-state index in [1.54, 1.807) is 20.4 Å². The number of aromatic amines is 1. The van der Waals surface area contributed by atoms with Gasteiger partial charge in [-0.25, -0.2) is 4.79 Å². The van der Waals surface area contributed by atoms with Gasteiger partial charge in [0.1, 0.15) is 5.84 Å². The largest absolute Gasteiger partial charge is 0.462 e. The number of nitrogens with one attached hydrogen (secondary N) is 2. The normalized spacial score (nSPS) is 14.2. The van der Waals surface area contributed by atoms with E-state index in [0.29, 0.717) is 31.1 Å². The summed E-state index contributed by atoms with van der Waals surface area (Å²) in [6.07, 6.45) is 3.90. The number of carbonyl (C=O) groups excluding carboxylic acids is 1. The zero-order valence-electron chi connectivity index (χ0n) is 14.0. The van der Waals surface area contributed by atoms with Crippen LogP contribution in [0.3, 0.4) is 0 Å². The summed E-state index contributed by atoms with van der Waals surface area (Å²) in [5.74, 6) is 0.358. The molecule has 0 atom stereocenters. The predicted octanol–water partition coefficient (Wildman–Crippen LogP) is 1.48. The van der Waals surface area contributed by atoms with Gasteiger partial charge in [-0.3, -0.25) is 4.99 Å². The fraction of sp³-hybridized carbons (Fsp3) is 0.625. The lowest BCUT2D eigenvalue weighted by Gasteiger charge is -2.16. The molecule has 2 heterocycles. The van der Waals surface area contributed by atoms with Crippen LogP contribution >= 0.6 is 0 Å². The van der Waals surface area contributed by atoms with Crippen LogP contribution in [0, 0.1) is 0 Å². The van der Waals surface area contributed by atoms with Crippen LogP contribution in [-0.4, -0.2) is 57.0 Å². The van der Waals surface area contributed by atoms with Crippen LogP contribution in [0.4, 0.5) is 0 Å². The summed E-state index contributed by atoms with van der Waals surface area (Å²) in [5, 5.41) is 3.23. The van der Waals surface area contributed by atoms with E-state index in [-0.39, 0.29) is 12.3 Å². The molecule has 128 valence electrons. The van der Waals surface area contributed by atoms with Crippen LogP contribution in [0.1, 0.15) is 41.4 Å². The van der Waals surface area contributed by atoms with Crippen molar-refractivity contribution in [3.8, 4) is 0 Å². The van der Waals surface area contributed by atoms with Crippen LogP contribution in [0.25, 0.3) is 0 Å². The molecule has 2 rings (SSSR count). The van der Waals surface area contributed by atoms with Crippen LogP contribution in [0.5, 0.6) is 0 Å². The van der Waals surface area contributed by atoms with Crippen molar-refractivity contribution in [3.05, 3.63) is 23.0 Å². The molecule has 1 aliphatic heterocycles. The number of aryl methyl sites for hydroxylation is 1. The van der Waals surface area contributed by atoms with Gasteiger partial charge in [-0.2, -0.15) is 0 Å². The molecule has 0 spiro atoms. The Morgan fingerprint density at radius 3 is 2.91 bits per heavy atom. The quantitative estimate of drug-likeness (QED) is 0.586. The number of carbonyl (C=O) groups is 1. The lowest BCUT2D eigenvalue weighted by molar-refractivity contribution is -0.0965. The highest BCUT2D eigenvalue weighted by Gasteiger charge is 2.24. The molecular weight excluding hydrogens is 298 g/mol. The number of esters is 1. The molecule has 1 aliphatic rings. The van der Waals surface area contributed by atoms with Crippen LogP contribution < -0.4 is 5.32 Å². The Kier molecular flexibility index (Phi) is 6.61. The molecule has 23 heavy (non-hydrogen) atoms. The van der Waals surface area contributed by atoms with Crippen LogP contribution in [-0.2, 0) is 20.6 Å². The standard InChI is InChI=1S/C16H25N3O4/c1-4-8-23-16(20)11-9-18-12-6-5-7-17-15(14(11)12)19-10-13(21-2)22-3/h9,13,18H,4-8,10H2,1-3H3,(H,17,19). The van der Waals surface area contributed by atoms with Gasteiger partial charge >= 0.3 is 5.97 Å². The van der Waals surface area contributed by atoms with Crippen LogP contribution in [0.15, 0.2) is 11.2 Å². The number of H-pyrrole nitrogens is 1. The number of nitrogens with zero attached hydrogens (tertiary/aromatic N) is 1. The molecule has 0 fully saturated rings. The highest BCUT2D eigenvalue weighted by molar-refractivity contribution is 6.09. The number of methoxy groups -OCH3 is 2. The topological polar surface area (TPSA) is 84.9 Å². The summed E-state index contributed by atoms with van der Waals surface area (Å²) in [6.45, 7) is 3.53. The Balaban J connectivity index is 2.21. The van der Waals surface area contributed by atoms with Gasteiger partial charge < -0.3 is 24.5 Å². The van der Waals surface area contributed by atoms with Gasteiger partial charge in [0.25, 0.3) is 0 Å². The van der Waals surface area contributed by atoms with Gasteiger partial charge in [-0.05, 0) is 19.3 Å². The lowest BCUT2D eigenvalue weighted by atomic mass is 10.1. The molecule has 7 nitrogen and oxygen atoms in total. The average molecular weight is 323 g/mol. The zero-order valence-corrected chi connectivity index (χ0v) is 14.0. The Hall–Kier alpha value is -1.86. The van der Waals surface area contributed by atoms with Crippen molar-refractivity contribution in [1.29, 1.82) is 0 Å². The second-order valence-electron chi connectivity index (χ2n) is 5.31. The molecule has 0 saturated carbocycles. The number of rotatable bonds is 7. The fourth-order valence-corrected chi connectivity index (χ4v) is 2.48. The summed E-state index contributed by atoms with van der Waals surface area (Å²) in [7, 11) is 3.17. The molecule has 7 heteroatoms. The highest BCUT2D eigenvalue weighted by Crippen LogP contribution is 2.20. The van der Waals surface area contributed by atoms with Gasteiger partial charge in [-0.15, -0.1) is 0 Å². The number of ether oxygens (including phenoxy) is 3. The third kappa shape index (κ3) is 4.33. The fourth-order valence-electron chi connectivity index (χ4n) is 2.48. The average Bonchev–Trinajstić information content (AvgIpc) is 2.89. The molecule has 0 bridgehead atoms. The van der Waals surface area contributed by atoms with Gasteiger partial charge in [0.05, 0.1) is 24.3 Å². The van der Waals surface area contributed by atoms with Crippen molar-refractivity contribution in [2.24, 2.45) is 4.99 Å². The van der Waals surface area contributed by atoms with E-state index in [0.717, 1.165) is 30.5 Å². The maximum Gasteiger partial charge on any atom is 0.340 e. The SMILES string of the molecule is CCCOC(=O)c1c[nH]c2c1C(NCC(OC)OC)=NCCC2. The summed E-state index contributed by atoms with van der Waals surface area (Å²) in [6, 6.07) is 0. The zero-order chi connectivity index (χ0) is 16.7. The Bertz CT molecular complexity index is 550. The first-order valence-corrected chi connectivity index (χ1v) is 7.92. The molecule has 0 unspecified atom stereocenters. The van der Waals surface area contributed by atoms with Gasteiger partial charge in [-0.1, -0.05) is 6.92 Å². The van der Waals surface area contributed by atoms with Crippen LogP contribution in [0.2, 0.25) is 0 Å². The maximum atomic E-state index is 12.3. The molecule has 0 saturated heterocycles. The monoisotopic (exact) mass is 323 g/mol. The first-order valence-electron chi connectivity index (χ1n) is 7.92. The minimum atomic E-state index is -0.376. The molecular formula is C16H25N3O4. The Morgan fingerprint density at radius 1 is 1.43 bits per heavy atom.